The van der Waals surface area contributed by atoms with Crippen LogP contribution in [0.4, 0.5) is 0 Å². The molecule has 0 aromatic heterocycles. The highest BCUT2D eigenvalue weighted by molar-refractivity contribution is 8.03. The predicted octanol–water partition coefficient (Wildman–Crippen LogP) is -1.20. The molecule has 3 N–H and O–H groups in total. The zero-order valence-corrected chi connectivity index (χ0v) is 17.1. The Hall–Kier alpha value is -0.340. The van der Waals surface area contributed by atoms with Crippen molar-refractivity contribution in [2.45, 2.75) is 39.0 Å². The number of ether oxygens (including phenoxy) is 3. The van der Waals surface area contributed by atoms with Crippen molar-refractivity contribution < 1.29 is 31.0 Å². The van der Waals surface area contributed by atoms with Gasteiger partial charge in [0.15, 0.2) is 0 Å². The molecule has 0 aliphatic heterocycles. The molecule has 3 unspecified atom stereocenters. The van der Waals surface area contributed by atoms with Crippen LogP contribution < -0.4 is 14.2 Å². The predicted molar refractivity (Wildman–Crippen MR) is 95.1 cm³/mol. The van der Waals surface area contributed by atoms with Crippen LogP contribution in [0.5, 0.6) is 0 Å². The van der Waals surface area contributed by atoms with E-state index in [1.54, 1.807) is 13.8 Å². The molecule has 0 aromatic rings. The average Bonchev–Trinajstić information content (AvgIpc) is 2.45. The number of hydrogen-bond donors (Lipinski definition) is 3. The third-order valence-electron chi connectivity index (χ3n) is 2.83. The van der Waals surface area contributed by atoms with Crippen LogP contribution in [0.1, 0.15) is 20.8 Å². The van der Waals surface area contributed by atoms with Crippen LogP contribution in [0.25, 0.3) is 0 Å². The highest BCUT2D eigenvalue weighted by Gasteiger charge is 2.19. The van der Waals surface area contributed by atoms with Crippen molar-refractivity contribution in [3.63, 3.8) is 0 Å². The molecular weight excluding hydrogens is 374 g/mol. The van der Waals surface area contributed by atoms with Crippen LogP contribution in [0.3, 0.4) is 0 Å². The molecule has 0 aliphatic carbocycles. The van der Waals surface area contributed by atoms with E-state index in [1.165, 1.54) is 4.13 Å². The lowest BCUT2D eigenvalue weighted by Gasteiger charge is -2.18. The Bertz CT molecular complexity index is 554. The smallest absolute Gasteiger partial charge is 0.290 e. The summed E-state index contributed by atoms with van der Waals surface area (Å²) in [5.74, 6) is 0. The fourth-order valence-corrected chi connectivity index (χ4v) is 3.97. The Morgan fingerprint density at radius 3 is 1.96 bits per heavy atom. The third-order valence-corrected chi connectivity index (χ3v) is 5.63. The summed E-state index contributed by atoms with van der Waals surface area (Å²) >= 11 is 0. The van der Waals surface area contributed by atoms with Crippen molar-refractivity contribution in [2.24, 2.45) is 0 Å². The standard InChI is InChI=1S/C13H31N3O7S2/c1-11(14-4)8-21-6-7-22-10-13(3)23-9-12(2)15-25(19,20)16-24(5,17)18/h11-16H,6-10H2,1-5H3. The first-order valence-corrected chi connectivity index (χ1v) is 11.3. The van der Waals surface area contributed by atoms with Gasteiger partial charge >= 0.3 is 0 Å². The van der Waals surface area contributed by atoms with E-state index in [9.17, 15) is 16.8 Å². The van der Waals surface area contributed by atoms with Crippen molar-refractivity contribution in [1.29, 1.82) is 0 Å². The van der Waals surface area contributed by atoms with Crippen LogP contribution in [0.15, 0.2) is 0 Å². The third kappa shape index (κ3) is 15.6. The Kier molecular flexibility index (Phi) is 12.0. The van der Waals surface area contributed by atoms with E-state index in [2.05, 4.69) is 10.0 Å². The largest absolute Gasteiger partial charge is 0.377 e. The van der Waals surface area contributed by atoms with Crippen LogP contribution >= 0.6 is 0 Å². The van der Waals surface area contributed by atoms with Crippen LogP contribution in [-0.4, -0.2) is 81.4 Å². The molecule has 3 atom stereocenters. The molecule has 0 amide bonds. The summed E-state index contributed by atoms with van der Waals surface area (Å²) in [5.41, 5.74) is 0. The molecule has 0 fully saturated rings. The van der Waals surface area contributed by atoms with E-state index in [1.807, 2.05) is 14.0 Å². The quantitative estimate of drug-likeness (QED) is 0.290. The minimum Gasteiger partial charge on any atom is -0.377 e. The maximum absolute atomic E-state index is 11.5. The molecular formula is C13H31N3O7S2. The maximum atomic E-state index is 11.5. The first kappa shape index (κ1) is 24.7. The SMILES string of the molecule is CNC(C)COCCOCC(C)OCC(C)NS(=O)(=O)NS(C)(=O)=O. The molecule has 0 heterocycles. The lowest BCUT2D eigenvalue weighted by Crippen LogP contribution is -2.45. The van der Waals surface area contributed by atoms with Gasteiger partial charge in [-0.1, -0.05) is 4.13 Å². The Morgan fingerprint density at radius 1 is 0.880 bits per heavy atom. The number of rotatable bonds is 15. The molecule has 0 rings (SSSR count). The Morgan fingerprint density at radius 2 is 1.44 bits per heavy atom. The highest BCUT2D eigenvalue weighted by Crippen LogP contribution is 1.96. The van der Waals surface area contributed by atoms with Gasteiger partial charge in [-0.3, -0.25) is 0 Å². The molecule has 12 heteroatoms. The Labute approximate surface area is 151 Å². The van der Waals surface area contributed by atoms with Crippen LogP contribution in [-0.2, 0) is 34.4 Å². The molecule has 152 valence electrons. The van der Waals surface area contributed by atoms with Gasteiger partial charge in [-0.25, -0.2) is 8.42 Å². The average molecular weight is 406 g/mol. The monoisotopic (exact) mass is 405 g/mol. The van der Waals surface area contributed by atoms with Gasteiger partial charge in [0.2, 0.25) is 10.0 Å². The van der Waals surface area contributed by atoms with E-state index < -0.39 is 26.3 Å². The summed E-state index contributed by atoms with van der Waals surface area (Å²) in [6.07, 6.45) is 0.515. The zero-order valence-electron chi connectivity index (χ0n) is 15.4. The van der Waals surface area contributed by atoms with E-state index in [-0.39, 0.29) is 18.8 Å². The van der Waals surface area contributed by atoms with Gasteiger partial charge in [-0.2, -0.15) is 13.1 Å². The zero-order chi connectivity index (χ0) is 19.5. The molecule has 0 aromatic carbocycles. The van der Waals surface area contributed by atoms with Crippen molar-refractivity contribution in [3.8, 4) is 0 Å². The number of hydrogen-bond acceptors (Lipinski definition) is 8. The number of likely N-dealkylation sites (N-methyl/N-ethyl adjacent to an activating group) is 1. The molecule has 0 aliphatic rings. The molecule has 0 spiro atoms. The lowest BCUT2D eigenvalue weighted by atomic mass is 10.4. The fraction of sp³-hybridized carbons (Fsp3) is 1.00. The van der Waals surface area contributed by atoms with E-state index in [0.717, 1.165) is 6.26 Å². The summed E-state index contributed by atoms with van der Waals surface area (Å²) in [4.78, 5) is 0. The second-order valence-electron chi connectivity index (χ2n) is 5.86. The topological polar surface area (TPSA) is 132 Å². The normalized spacial score (nSPS) is 16.5. The molecule has 0 bridgehead atoms. The second kappa shape index (κ2) is 12.1. The van der Waals surface area contributed by atoms with Crippen molar-refractivity contribution >= 4 is 20.2 Å². The van der Waals surface area contributed by atoms with Gasteiger partial charge in [-0.15, -0.1) is 0 Å². The number of nitrogens with one attached hydrogen (secondary N) is 3. The molecule has 0 radical (unpaired) electrons. The molecule has 0 saturated carbocycles. The fourth-order valence-electron chi connectivity index (χ4n) is 1.59. The first-order valence-electron chi connectivity index (χ1n) is 7.90. The van der Waals surface area contributed by atoms with E-state index in [4.69, 9.17) is 14.2 Å². The molecule has 10 nitrogen and oxygen atoms in total. The Balaban J connectivity index is 3.85. The first-order chi connectivity index (χ1) is 11.4. The van der Waals surface area contributed by atoms with Crippen molar-refractivity contribution in [2.75, 3.05) is 46.3 Å². The highest BCUT2D eigenvalue weighted by atomic mass is 32.3. The number of sulfonamides is 1. The van der Waals surface area contributed by atoms with E-state index in [0.29, 0.717) is 26.4 Å². The van der Waals surface area contributed by atoms with Gasteiger partial charge in [0, 0.05) is 12.1 Å². The van der Waals surface area contributed by atoms with Gasteiger partial charge < -0.3 is 19.5 Å². The van der Waals surface area contributed by atoms with E-state index >= 15 is 0 Å². The van der Waals surface area contributed by atoms with Gasteiger partial charge in [0.1, 0.15) is 0 Å². The maximum Gasteiger partial charge on any atom is 0.290 e. The van der Waals surface area contributed by atoms with Gasteiger partial charge in [-0.05, 0) is 27.8 Å². The van der Waals surface area contributed by atoms with Crippen molar-refractivity contribution in [3.05, 3.63) is 0 Å². The van der Waals surface area contributed by atoms with Crippen LogP contribution in [0, 0.1) is 0 Å². The van der Waals surface area contributed by atoms with Gasteiger partial charge in [0.05, 0.1) is 45.4 Å². The molecule has 25 heavy (non-hydrogen) atoms. The minimum atomic E-state index is -4.14. The second-order valence-corrected chi connectivity index (χ2v) is 9.31. The summed E-state index contributed by atoms with van der Waals surface area (Å²) in [6.45, 7) is 7.29. The lowest BCUT2D eigenvalue weighted by molar-refractivity contribution is -0.0277. The summed E-state index contributed by atoms with van der Waals surface area (Å²) in [7, 11) is -6.14. The van der Waals surface area contributed by atoms with Crippen LogP contribution in [0.2, 0.25) is 0 Å². The van der Waals surface area contributed by atoms with Crippen molar-refractivity contribution in [1.82, 2.24) is 14.2 Å². The molecule has 0 saturated heterocycles. The summed E-state index contributed by atoms with van der Waals surface area (Å²) in [6, 6.07) is -0.322. The summed E-state index contributed by atoms with van der Waals surface area (Å²) in [5, 5.41) is 3.06. The minimum absolute atomic E-state index is 0.0748. The van der Waals surface area contributed by atoms with Gasteiger partial charge in [0.25, 0.3) is 10.2 Å². The summed E-state index contributed by atoms with van der Waals surface area (Å²) < 4.78 is 64.9.